The van der Waals surface area contributed by atoms with Gasteiger partial charge in [-0.1, -0.05) is 140 Å². The van der Waals surface area contributed by atoms with Crippen LogP contribution in [0.5, 0.6) is 0 Å². The Hall–Kier alpha value is -5.85. The molecule has 7 aromatic carbocycles. The lowest BCUT2D eigenvalue weighted by molar-refractivity contribution is 0.449. The third-order valence-electron chi connectivity index (χ3n) is 9.40. The van der Waals surface area contributed by atoms with Gasteiger partial charge in [0.1, 0.15) is 6.17 Å². The van der Waals surface area contributed by atoms with E-state index in [1.54, 1.807) is 0 Å². The summed E-state index contributed by atoms with van der Waals surface area (Å²) in [5.74, 6) is 0. The first-order chi connectivity index (χ1) is 24.8. The lowest BCUT2D eigenvalue weighted by Gasteiger charge is -2.17. The van der Waals surface area contributed by atoms with Gasteiger partial charge in [-0.3, -0.25) is 10.4 Å². The van der Waals surface area contributed by atoms with E-state index in [4.69, 9.17) is 4.99 Å². The van der Waals surface area contributed by atoms with Gasteiger partial charge in [-0.05, 0) is 58.1 Å². The second kappa shape index (κ2) is 13.2. The molecule has 0 aliphatic rings. The Bertz CT molecular complexity index is 2620. The molecular weight excluding hydrogens is 629 g/mol. The Balaban J connectivity index is 1.10. The number of rotatable bonds is 9. The van der Waals surface area contributed by atoms with Crippen molar-refractivity contribution in [2.75, 3.05) is 0 Å². The molecule has 0 aliphatic carbocycles. The minimum absolute atomic E-state index is 0.278. The molecule has 0 saturated carbocycles. The van der Waals surface area contributed by atoms with Gasteiger partial charge >= 0.3 is 0 Å². The van der Waals surface area contributed by atoms with Gasteiger partial charge in [0, 0.05) is 49.4 Å². The van der Waals surface area contributed by atoms with Crippen molar-refractivity contribution in [3.63, 3.8) is 0 Å². The van der Waals surface area contributed by atoms with E-state index in [0.29, 0.717) is 6.54 Å². The fourth-order valence-corrected chi connectivity index (χ4v) is 8.19. The number of para-hydroxylation sites is 1. The van der Waals surface area contributed by atoms with Gasteiger partial charge in [0.15, 0.2) is 0 Å². The Kier molecular flexibility index (Phi) is 7.99. The molecule has 4 nitrogen and oxygen atoms in total. The molecule has 240 valence electrons. The highest BCUT2D eigenvalue weighted by molar-refractivity contribution is 7.26. The molecule has 2 heterocycles. The van der Waals surface area contributed by atoms with Crippen LogP contribution in [0.25, 0.3) is 58.8 Å². The van der Waals surface area contributed by atoms with Gasteiger partial charge in [-0.15, -0.1) is 11.3 Å². The number of thiophene rings is 1. The highest BCUT2D eigenvalue weighted by Gasteiger charge is 2.16. The summed E-state index contributed by atoms with van der Waals surface area (Å²) in [6.07, 6.45) is 1.65. The first-order valence-corrected chi connectivity index (χ1v) is 17.8. The van der Waals surface area contributed by atoms with E-state index in [1.807, 2.05) is 41.8 Å². The number of hydrazine groups is 1. The van der Waals surface area contributed by atoms with Crippen molar-refractivity contribution >= 4 is 59.5 Å². The normalized spacial score (nSPS) is 12.5. The number of aliphatic imine (C=N–C) groups is 1. The van der Waals surface area contributed by atoms with Crippen LogP contribution < -0.4 is 10.9 Å². The van der Waals surface area contributed by atoms with E-state index in [0.717, 1.165) is 16.8 Å². The van der Waals surface area contributed by atoms with Gasteiger partial charge in [0.2, 0.25) is 0 Å². The van der Waals surface area contributed by atoms with Gasteiger partial charge in [0.05, 0.1) is 11.0 Å². The van der Waals surface area contributed by atoms with Crippen molar-refractivity contribution in [1.82, 2.24) is 15.4 Å². The van der Waals surface area contributed by atoms with E-state index in [1.165, 1.54) is 58.7 Å². The maximum Gasteiger partial charge on any atom is 0.137 e. The van der Waals surface area contributed by atoms with Gasteiger partial charge in [-0.2, -0.15) is 0 Å². The molecule has 0 aliphatic heterocycles. The first kappa shape index (κ1) is 30.2. The maximum atomic E-state index is 4.97. The number of aromatic nitrogens is 1. The second-order valence-electron chi connectivity index (χ2n) is 12.5. The van der Waals surface area contributed by atoms with Crippen LogP contribution in [-0.2, 0) is 6.54 Å². The predicted molar refractivity (Wildman–Crippen MR) is 212 cm³/mol. The molecule has 5 heteroatoms. The van der Waals surface area contributed by atoms with E-state index >= 15 is 0 Å². The topological polar surface area (TPSA) is 41.4 Å². The Morgan fingerprint density at radius 2 is 1.30 bits per heavy atom. The van der Waals surface area contributed by atoms with Crippen LogP contribution in [0.4, 0.5) is 0 Å². The molecule has 50 heavy (non-hydrogen) atoms. The fourth-order valence-electron chi connectivity index (χ4n) is 6.95. The van der Waals surface area contributed by atoms with Crippen LogP contribution >= 0.6 is 11.3 Å². The van der Waals surface area contributed by atoms with Crippen molar-refractivity contribution in [2.24, 2.45) is 4.99 Å². The van der Waals surface area contributed by atoms with Crippen LogP contribution in [0.15, 0.2) is 175 Å². The molecule has 0 saturated heterocycles. The van der Waals surface area contributed by atoms with Gasteiger partial charge in [-0.25, -0.2) is 5.43 Å². The van der Waals surface area contributed by atoms with E-state index in [2.05, 4.69) is 161 Å². The maximum absolute atomic E-state index is 4.97. The minimum Gasteiger partial charge on any atom is -0.309 e. The summed E-state index contributed by atoms with van der Waals surface area (Å²) in [5.41, 5.74) is 16.2. The number of nitrogens with zero attached hydrogens (tertiary/aromatic N) is 2. The molecule has 0 fully saturated rings. The molecule has 9 rings (SSSR count). The highest BCUT2D eigenvalue weighted by Crippen LogP contribution is 2.41. The van der Waals surface area contributed by atoms with Gasteiger partial charge in [0.25, 0.3) is 0 Å². The molecule has 0 amide bonds. The second-order valence-corrected chi connectivity index (χ2v) is 13.6. The lowest BCUT2D eigenvalue weighted by Crippen LogP contribution is -2.34. The van der Waals surface area contributed by atoms with E-state index in [9.17, 15) is 0 Å². The van der Waals surface area contributed by atoms with Crippen LogP contribution in [0.1, 0.15) is 22.9 Å². The van der Waals surface area contributed by atoms with Crippen LogP contribution in [-0.4, -0.2) is 10.8 Å². The minimum atomic E-state index is -0.278. The predicted octanol–water partition coefficient (Wildman–Crippen LogP) is 11.2. The summed E-state index contributed by atoms with van der Waals surface area (Å²) in [7, 11) is 0. The highest BCUT2D eigenvalue weighted by atomic mass is 32.1. The Labute approximate surface area is 295 Å². The summed E-state index contributed by atoms with van der Waals surface area (Å²) in [6.45, 7) is 0.690. The molecule has 1 atom stereocenters. The molecule has 0 spiro atoms. The summed E-state index contributed by atoms with van der Waals surface area (Å²) in [4.78, 5) is 4.97. The van der Waals surface area contributed by atoms with Crippen LogP contribution in [0.2, 0.25) is 0 Å². The number of hydrogen-bond donors (Lipinski definition) is 2. The molecule has 2 aromatic heterocycles. The van der Waals surface area contributed by atoms with Crippen molar-refractivity contribution in [3.05, 3.63) is 187 Å². The standard InChI is InChI=1S/C45H34N4S/c1-3-12-31(13-4-1)29-46-45(48-47-30-32-14-5-2-6-15-32)33-22-25-35(26-23-33)49-41-20-9-7-16-37(41)38-27-24-34(28-42(38)49)36-18-11-19-40-39-17-8-10-21-43(39)50-44(36)40/h1-29,45,47-48H,30H2/b46-29+. The van der Waals surface area contributed by atoms with Crippen molar-refractivity contribution in [3.8, 4) is 16.8 Å². The zero-order valence-electron chi connectivity index (χ0n) is 27.3. The quantitative estimate of drug-likeness (QED) is 0.119. The van der Waals surface area contributed by atoms with Crippen molar-refractivity contribution < 1.29 is 0 Å². The van der Waals surface area contributed by atoms with Crippen LogP contribution in [0.3, 0.4) is 0 Å². The average molecular weight is 663 g/mol. The summed E-state index contributed by atoms with van der Waals surface area (Å²) >= 11 is 1.88. The first-order valence-electron chi connectivity index (χ1n) is 16.9. The molecule has 0 bridgehead atoms. The largest absolute Gasteiger partial charge is 0.309 e. The number of benzene rings is 7. The lowest BCUT2D eigenvalue weighted by atomic mass is 10.0. The summed E-state index contributed by atoms with van der Waals surface area (Å²) in [5, 5.41) is 5.13. The molecular formula is C45H34N4S. The fraction of sp³-hybridized carbons (Fsp3) is 0.0444. The molecule has 9 aromatic rings. The molecule has 1 unspecified atom stereocenters. The van der Waals surface area contributed by atoms with E-state index in [-0.39, 0.29) is 6.17 Å². The zero-order chi connectivity index (χ0) is 33.3. The van der Waals surface area contributed by atoms with Crippen molar-refractivity contribution in [2.45, 2.75) is 12.7 Å². The number of fused-ring (bicyclic) bond motifs is 6. The zero-order valence-corrected chi connectivity index (χ0v) is 28.1. The van der Waals surface area contributed by atoms with Gasteiger partial charge < -0.3 is 4.57 Å². The average Bonchev–Trinajstić information content (AvgIpc) is 3.73. The summed E-state index contributed by atoms with van der Waals surface area (Å²) in [6, 6.07) is 60.5. The molecule has 2 N–H and O–H groups in total. The summed E-state index contributed by atoms with van der Waals surface area (Å²) < 4.78 is 5.05. The number of hydrogen-bond acceptors (Lipinski definition) is 4. The number of nitrogens with one attached hydrogen (secondary N) is 2. The SMILES string of the molecule is C(=N\C(NNCc1ccccc1)c1ccc(-n2c3ccccc3c3ccc(-c4cccc5c4sc4ccccc45)cc32)cc1)/c1ccccc1. The van der Waals surface area contributed by atoms with Crippen LogP contribution in [0, 0.1) is 0 Å². The Morgan fingerprint density at radius 1 is 0.600 bits per heavy atom. The third kappa shape index (κ3) is 5.67. The molecule has 0 radical (unpaired) electrons. The Morgan fingerprint density at radius 3 is 2.14 bits per heavy atom. The third-order valence-corrected chi connectivity index (χ3v) is 10.6. The van der Waals surface area contributed by atoms with E-state index < -0.39 is 0 Å². The monoisotopic (exact) mass is 662 g/mol. The van der Waals surface area contributed by atoms with Crippen molar-refractivity contribution in [1.29, 1.82) is 0 Å². The smallest absolute Gasteiger partial charge is 0.137 e.